The molecule has 0 atom stereocenters. The number of benzene rings is 4. The van der Waals surface area contributed by atoms with E-state index in [9.17, 15) is 57.9 Å². The number of hydrogen-bond donors (Lipinski definition) is 0. The van der Waals surface area contributed by atoms with Gasteiger partial charge in [0.05, 0.1) is 22.3 Å². The lowest BCUT2D eigenvalue weighted by Crippen LogP contribution is -2.09. The Kier molecular flexibility index (Phi) is 7.62. The molecule has 0 amide bonds. The SMILES string of the molecule is N#CC(C#N)=C1C2=C(C(=C(C#N)C#N)c3cccc(-c4cccc(C(F)(F)F)c4C#N)c32)c2c1cccc2-c1cccc(C(F)(F)F)c1C#N. The number of halogens is 6. The molecule has 0 radical (unpaired) electrons. The lowest BCUT2D eigenvalue weighted by Gasteiger charge is -2.19. The molecule has 0 N–H and O–H groups in total. The molecule has 12 heteroatoms. The number of rotatable bonds is 2. The summed E-state index contributed by atoms with van der Waals surface area (Å²) in [6, 6.07) is 25.3. The van der Waals surface area contributed by atoms with Crippen LogP contribution in [-0.2, 0) is 12.4 Å². The molecule has 0 spiro atoms. The van der Waals surface area contributed by atoms with E-state index < -0.39 is 45.8 Å². The van der Waals surface area contributed by atoms with Crippen molar-refractivity contribution in [2.75, 3.05) is 0 Å². The second-order valence-corrected chi connectivity index (χ2v) is 10.8. The van der Waals surface area contributed by atoms with Gasteiger partial charge in [-0.15, -0.1) is 0 Å². The summed E-state index contributed by atoms with van der Waals surface area (Å²) in [5.41, 5.74) is -4.82. The molecule has 0 unspecified atom stereocenters. The number of nitrogens with zero attached hydrogens (tertiary/aromatic N) is 6. The fraction of sp³-hybridized carbons (Fsp3) is 0.0526. The van der Waals surface area contributed by atoms with Gasteiger partial charge < -0.3 is 0 Å². The third kappa shape index (κ3) is 4.69. The van der Waals surface area contributed by atoms with Crippen LogP contribution in [0.2, 0.25) is 0 Å². The van der Waals surface area contributed by atoms with Gasteiger partial charge in [-0.1, -0.05) is 60.7 Å². The maximum atomic E-state index is 14.1. The molecule has 0 aromatic heterocycles. The van der Waals surface area contributed by atoms with Crippen LogP contribution in [0.1, 0.15) is 44.5 Å². The summed E-state index contributed by atoms with van der Waals surface area (Å²) in [6.07, 6.45) is -9.85. The molecule has 2 aliphatic carbocycles. The molecular weight excluding hydrogens is 654 g/mol. The van der Waals surface area contributed by atoms with Crippen LogP contribution in [0.4, 0.5) is 26.3 Å². The van der Waals surface area contributed by atoms with Crippen LogP contribution in [0, 0.1) is 68.0 Å². The maximum Gasteiger partial charge on any atom is 0.417 e. The molecule has 0 aliphatic heterocycles. The van der Waals surface area contributed by atoms with Gasteiger partial charge in [-0.05, 0) is 45.5 Å². The zero-order chi connectivity index (χ0) is 36.1. The number of fused-ring (bicyclic) bond motifs is 4. The van der Waals surface area contributed by atoms with Gasteiger partial charge >= 0.3 is 12.4 Å². The van der Waals surface area contributed by atoms with Crippen LogP contribution in [0.15, 0.2) is 83.9 Å². The Balaban J connectivity index is 1.85. The third-order valence-corrected chi connectivity index (χ3v) is 8.41. The van der Waals surface area contributed by atoms with E-state index in [-0.39, 0.29) is 66.8 Å². The van der Waals surface area contributed by atoms with Crippen LogP contribution in [0.3, 0.4) is 0 Å². The molecule has 236 valence electrons. The number of alkyl halides is 6. The molecule has 6 nitrogen and oxygen atoms in total. The van der Waals surface area contributed by atoms with E-state index in [4.69, 9.17) is 0 Å². The Morgan fingerprint density at radius 1 is 0.420 bits per heavy atom. The highest BCUT2D eigenvalue weighted by Gasteiger charge is 2.44. The number of nitriles is 6. The average molecular weight is 667 g/mol. The van der Waals surface area contributed by atoms with E-state index in [1.165, 1.54) is 48.5 Å². The Morgan fingerprint density at radius 2 is 0.720 bits per heavy atom. The van der Waals surface area contributed by atoms with Crippen molar-refractivity contribution in [1.82, 2.24) is 0 Å². The normalized spacial score (nSPS) is 12.7. The van der Waals surface area contributed by atoms with Crippen LogP contribution >= 0.6 is 0 Å². The Bertz CT molecular complexity index is 2370. The lowest BCUT2D eigenvalue weighted by molar-refractivity contribution is -0.138. The standard InChI is InChI=1S/C38H12F6N6/c39-37(40,41)29-11-3-5-21(27(29)17-49)23-7-1-9-25-31(19(13-45)14-46)35-34-24(22-6-4-12-30(28(22)18-50)38(42,43)44)8-2-10-26(34)32(20(15-47)16-48)36(35)33(23)25/h1-12H. The van der Waals surface area contributed by atoms with Crippen molar-refractivity contribution in [3.8, 4) is 58.7 Å². The highest BCUT2D eigenvalue weighted by molar-refractivity contribution is 6.40. The fourth-order valence-corrected chi connectivity index (χ4v) is 6.59. The molecule has 6 rings (SSSR count). The van der Waals surface area contributed by atoms with Gasteiger partial charge in [-0.3, -0.25) is 0 Å². The van der Waals surface area contributed by atoms with Crippen molar-refractivity contribution < 1.29 is 26.3 Å². The van der Waals surface area contributed by atoms with Gasteiger partial charge in [0, 0.05) is 33.4 Å². The largest absolute Gasteiger partial charge is 0.417 e. The molecule has 4 aromatic rings. The monoisotopic (exact) mass is 666 g/mol. The zero-order valence-corrected chi connectivity index (χ0v) is 24.9. The van der Waals surface area contributed by atoms with E-state index in [1.54, 1.807) is 12.1 Å². The fourth-order valence-electron chi connectivity index (χ4n) is 6.59. The highest BCUT2D eigenvalue weighted by atomic mass is 19.4. The van der Waals surface area contributed by atoms with Gasteiger partial charge in [0.1, 0.15) is 47.6 Å². The molecule has 2 aliphatic rings. The zero-order valence-electron chi connectivity index (χ0n) is 24.9. The summed E-state index contributed by atoms with van der Waals surface area (Å²) in [5.74, 6) is 0. The Morgan fingerprint density at radius 3 is 1.02 bits per heavy atom. The second kappa shape index (κ2) is 11.7. The third-order valence-electron chi connectivity index (χ3n) is 8.41. The molecule has 0 bridgehead atoms. The summed E-state index contributed by atoms with van der Waals surface area (Å²) in [7, 11) is 0. The topological polar surface area (TPSA) is 143 Å². The average Bonchev–Trinajstić information content (AvgIpc) is 3.61. The minimum Gasteiger partial charge on any atom is -0.192 e. The van der Waals surface area contributed by atoms with Crippen molar-refractivity contribution in [2.45, 2.75) is 12.4 Å². The molecule has 50 heavy (non-hydrogen) atoms. The first kappa shape index (κ1) is 32.6. The van der Waals surface area contributed by atoms with Crippen molar-refractivity contribution in [2.24, 2.45) is 0 Å². The summed E-state index contributed by atoms with van der Waals surface area (Å²) in [6.45, 7) is 0. The smallest absolute Gasteiger partial charge is 0.192 e. The minimum absolute atomic E-state index is 0.0294. The lowest BCUT2D eigenvalue weighted by atomic mass is 9.83. The molecule has 4 aromatic carbocycles. The van der Waals surface area contributed by atoms with E-state index in [0.717, 1.165) is 24.3 Å². The first-order chi connectivity index (χ1) is 23.9. The van der Waals surface area contributed by atoms with Gasteiger partial charge in [0.25, 0.3) is 0 Å². The first-order valence-electron chi connectivity index (χ1n) is 14.2. The van der Waals surface area contributed by atoms with Crippen LogP contribution < -0.4 is 0 Å². The van der Waals surface area contributed by atoms with Crippen molar-refractivity contribution in [3.63, 3.8) is 0 Å². The van der Waals surface area contributed by atoms with E-state index in [2.05, 4.69) is 0 Å². The quantitative estimate of drug-likeness (QED) is 0.154. The van der Waals surface area contributed by atoms with Crippen LogP contribution in [0.25, 0.3) is 44.5 Å². The van der Waals surface area contributed by atoms with Crippen molar-refractivity contribution in [3.05, 3.63) is 128 Å². The summed E-state index contributed by atoms with van der Waals surface area (Å²) < 4.78 is 84.4. The van der Waals surface area contributed by atoms with E-state index in [1.807, 2.05) is 24.3 Å². The van der Waals surface area contributed by atoms with Crippen LogP contribution in [0.5, 0.6) is 0 Å². The van der Waals surface area contributed by atoms with E-state index >= 15 is 0 Å². The summed E-state index contributed by atoms with van der Waals surface area (Å²) in [5, 5.41) is 60.5. The summed E-state index contributed by atoms with van der Waals surface area (Å²) >= 11 is 0. The van der Waals surface area contributed by atoms with Crippen molar-refractivity contribution >= 4 is 22.3 Å². The second-order valence-electron chi connectivity index (χ2n) is 10.8. The Labute approximate surface area is 279 Å². The first-order valence-corrected chi connectivity index (χ1v) is 14.2. The van der Waals surface area contributed by atoms with Crippen LogP contribution in [-0.4, -0.2) is 0 Å². The van der Waals surface area contributed by atoms with Gasteiger partial charge in [-0.2, -0.15) is 57.9 Å². The van der Waals surface area contributed by atoms with Crippen molar-refractivity contribution in [1.29, 1.82) is 31.6 Å². The van der Waals surface area contributed by atoms with Gasteiger partial charge in [0.15, 0.2) is 0 Å². The number of hydrogen-bond acceptors (Lipinski definition) is 6. The van der Waals surface area contributed by atoms with Gasteiger partial charge in [0.2, 0.25) is 0 Å². The Hall–Kier alpha value is -7.38. The molecule has 0 heterocycles. The number of allylic oxidation sites excluding steroid dienone is 6. The minimum atomic E-state index is -4.93. The molecule has 0 saturated heterocycles. The molecule has 0 saturated carbocycles. The predicted molar refractivity (Wildman–Crippen MR) is 166 cm³/mol. The van der Waals surface area contributed by atoms with E-state index in [0.29, 0.717) is 0 Å². The predicted octanol–water partition coefficient (Wildman–Crippen LogP) is 9.34. The highest BCUT2D eigenvalue weighted by Crippen LogP contribution is 2.62. The van der Waals surface area contributed by atoms with Gasteiger partial charge in [-0.25, -0.2) is 0 Å². The summed E-state index contributed by atoms with van der Waals surface area (Å²) in [4.78, 5) is 0. The molecule has 0 fully saturated rings. The molecular formula is C38H12F6N6. The maximum absolute atomic E-state index is 14.1.